The van der Waals surface area contributed by atoms with E-state index in [0.29, 0.717) is 0 Å². The molecule has 1 heterocycles. The highest BCUT2D eigenvalue weighted by molar-refractivity contribution is 5.59. The van der Waals surface area contributed by atoms with Gasteiger partial charge in [-0.3, -0.25) is 0 Å². The molecule has 0 N–H and O–H groups in total. The van der Waals surface area contributed by atoms with Crippen LogP contribution in [0.5, 0.6) is 0 Å². The minimum absolute atomic E-state index is 0.141. The van der Waals surface area contributed by atoms with Crippen molar-refractivity contribution in [3.8, 4) is 11.3 Å². The van der Waals surface area contributed by atoms with Crippen molar-refractivity contribution in [3.05, 3.63) is 47.4 Å². The highest BCUT2D eigenvalue weighted by Crippen LogP contribution is 2.33. The molecule has 1 aromatic heterocycles. The second-order valence-electron chi connectivity index (χ2n) is 7.80. The third kappa shape index (κ3) is 4.90. The van der Waals surface area contributed by atoms with Gasteiger partial charge < -0.3 is 0 Å². The molecule has 1 aromatic carbocycles. The van der Waals surface area contributed by atoms with Gasteiger partial charge in [0.15, 0.2) is 0 Å². The molecule has 1 fully saturated rings. The Morgan fingerprint density at radius 1 is 0.923 bits per heavy atom. The molecule has 1 aliphatic carbocycles. The van der Waals surface area contributed by atoms with Crippen LogP contribution in [0.1, 0.15) is 70.1 Å². The van der Waals surface area contributed by atoms with Gasteiger partial charge in [0.1, 0.15) is 5.82 Å². The zero-order valence-corrected chi connectivity index (χ0v) is 16.2. The van der Waals surface area contributed by atoms with Crippen LogP contribution in [0.25, 0.3) is 11.3 Å². The molecule has 0 radical (unpaired) electrons. The Hall–Kier alpha value is -1.77. The lowest BCUT2D eigenvalue weighted by Crippen LogP contribution is -2.14. The zero-order valence-electron chi connectivity index (χ0n) is 16.2. The van der Waals surface area contributed by atoms with Crippen molar-refractivity contribution in [2.75, 3.05) is 0 Å². The monoisotopic (exact) mass is 354 g/mol. The van der Waals surface area contributed by atoms with E-state index in [2.05, 4.69) is 30.1 Å². The first kappa shape index (κ1) is 19.0. The molecular formula is C23H31FN2. The van der Waals surface area contributed by atoms with Gasteiger partial charge in [-0.2, -0.15) is 10.2 Å². The Kier molecular flexibility index (Phi) is 6.76. The van der Waals surface area contributed by atoms with E-state index in [0.717, 1.165) is 53.6 Å². The topological polar surface area (TPSA) is 25.8 Å². The lowest BCUT2D eigenvalue weighted by atomic mass is 9.79. The number of aromatic nitrogens is 2. The molecule has 3 heteroatoms. The number of nitrogens with zero attached hydrogens (tertiary/aromatic N) is 2. The van der Waals surface area contributed by atoms with E-state index in [9.17, 15) is 4.39 Å². The Morgan fingerprint density at radius 2 is 1.69 bits per heavy atom. The molecule has 3 rings (SSSR count). The van der Waals surface area contributed by atoms with Gasteiger partial charge in [-0.05, 0) is 54.9 Å². The summed E-state index contributed by atoms with van der Waals surface area (Å²) in [4.78, 5) is 0. The Morgan fingerprint density at radius 3 is 2.31 bits per heavy atom. The predicted molar refractivity (Wildman–Crippen MR) is 105 cm³/mol. The van der Waals surface area contributed by atoms with Crippen LogP contribution in [0.15, 0.2) is 30.3 Å². The van der Waals surface area contributed by atoms with Gasteiger partial charge in [0, 0.05) is 5.56 Å². The summed E-state index contributed by atoms with van der Waals surface area (Å²) in [5.41, 5.74) is 3.38. The summed E-state index contributed by atoms with van der Waals surface area (Å²) in [5.74, 6) is 1.66. The van der Waals surface area contributed by atoms with Crippen molar-refractivity contribution < 1.29 is 4.39 Å². The van der Waals surface area contributed by atoms with E-state index in [-0.39, 0.29) is 5.82 Å². The maximum absolute atomic E-state index is 14.1. The summed E-state index contributed by atoms with van der Waals surface area (Å²) >= 11 is 0. The summed E-state index contributed by atoms with van der Waals surface area (Å²) in [5, 5.41) is 8.72. The second-order valence-corrected chi connectivity index (χ2v) is 7.80. The Labute approximate surface area is 157 Å². The van der Waals surface area contributed by atoms with Crippen LogP contribution in [0.4, 0.5) is 4.39 Å². The van der Waals surface area contributed by atoms with Gasteiger partial charge in [-0.25, -0.2) is 4.39 Å². The minimum atomic E-state index is -0.141. The van der Waals surface area contributed by atoms with Crippen molar-refractivity contribution >= 4 is 0 Å². The van der Waals surface area contributed by atoms with E-state index in [1.54, 1.807) is 6.07 Å². The fourth-order valence-corrected chi connectivity index (χ4v) is 4.11. The normalized spacial score (nSPS) is 20.3. The van der Waals surface area contributed by atoms with Crippen LogP contribution >= 0.6 is 0 Å². The number of hydrogen-bond donors (Lipinski definition) is 0. The van der Waals surface area contributed by atoms with Crippen molar-refractivity contribution in [2.45, 2.75) is 71.6 Å². The quantitative estimate of drug-likeness (QED) is 0.576. The Balaban J connectivity index is 1.56. The van der Waals surface area contributed by atoms with Crippen molar-refractivity contribution in [3.63, 3.8) is 0 Å². The molecule has 2 nitrogen and oxygen atoms in total. The molecule has 0 unspecified atom stereocenters. The second kappa shape index (κ2) is 9.25. The van der Waals surface area contributed by atoms with Crippen LogP contribution in [0.2, 0.25) is 0 Å². The maximum Gasteiger partial charge on any atom is 0.127 e. The largest absolute Gasteiger partial charge is 0.207 e. The first-order chi connectivity index (χ1) is 12.7. The molecule has 0 aliphatic heterocycles. The van der Waals surface area contributed by atoms with Crippen LogP contribution < -0.4 is 0 Å². The molecule has 0 bridgehead atoms. The summed E-state index contributed by atoms with van der Waals surface area (Å²) in [6.45, 7) is 4.37. The van der Waals surface area contributed by atoms with Crippen LogP contribution in [0, 0.1) is 17.7 Å². The van der Waals surface area contributed by atoms with Crippen LogP contribution in [-0.2, 0) is 12.8 Å². The molecule has 0 atom stereocenters. The fourth-order valence-electron chi connectivity index (χ4n) is 4.11. The van der Waals surface area contributed by atoms with E-state index < -0.39 is 0 Å². The molecule has 26 heavy (non-hydrogen) atoms. The van der Waals surface area contributed by atoms with Gasteiger partial charge in [0.25, 0.3) is 0 Å². The molecule has 1 saturated carbocycles. The zero-order chi connectivity index (χ0) is 18.4. The van der Waals surface area contributed by atoms with E-state index in [1.807, 2.05) is 18.2 Å². The smallest absolute Gasteiger partial charge is 0.127 e. The Bertz CT molecular complexity index is 688. The molecule has 140 valence electrons. The molecule has 2 aromatic rings. The van der Waals surface area contributed by atoms with Crippen molar-refractivity contribution in [2.24, 2.45) is 11.8 Å². The molecule has 1 aliphatic rings. The van der Waals surface area contributed by atoms with Gasteiger partial charge in [-0.15, -0.1) is 0 Å². The van der Waals surface area contributed by atoms with Gasteiger partial charge >= 0.3 is 0 Å². The highest BCUT2D eigenvalue weighted by atomic mass is 19.1. The summed E-state index contributed by atoms with van der Waals surface area (Å²) in [7, 11) is 0. The van der Waals surface area contributed by atoms with E-state index in [1.165, 1.54) is 38.5 Å². The van der Waals surface area contributed by atoms with Crippen LogP contribution in [-0.4, -0.2) is 10.2 Å². The maximum atomic E-state index is 14.1. The molecule has 0 saturated heterocycles. The molecular weight excluding hydrogens is 323 g/mol. The van der Waals surface area contributed by atoms with Crippen molar-refractivity contribution in [1.82, 2.24) is 10.2 Å². The average Bonchev–Trinajstić information content (AvgIpc) is 2.69. The minimum Gasteiger partial charge on any atom is -0.207 e. The number of benzene rings is 1. The predicted octanol–water partition coefficient (Wildman–Crippen LogP) is 6.38. The SMILES string of the molecule is CCCc1ccc(-c2ccc(CCC3CCC(CC)CC3)nn2)cc1F. The number of aryl methyl sites for hydroxylation is 2. The fraction of sp³-hybridized carbons (Fsp3) is 0.565. The summed E-state index contributed by atoms with van der Waals surface area (Å²) in [6, 6.07) is 9.43. The third-order valence-corrected chi connectivity index (χ3v) is 5.94. The summed E-state index contributed by atoms with van der Waals surface area (Å²) < 4.78 is 14.1. The van der Waals surface area contributed by atoms with E-state index in [4.69, 9.17) is 0 Å². The third-order valence-electron chi connectivity index (χ3n) is 5.94. The number of rotatable bonds is 7. The number of hydrogen-bond acceptors (Lipinski definition) is 2. The summed E-state index contributed by atoms with van der Waals surface area (Å²) in [6.07, 6.45) is 10.8. The van der Waals surface area contributed by atoms with Crippen LogP contribution in [0.3, 0.4) is 0 Å². The van der Waals surface area contributed by atoms with Gasteiger partial charge in [0.2, 0.25) is 0 Å². The standard InChI is InChI=1S/C23H31FN2/c1-3-5-19-11-12-20(16-22(19)24)23-15-14-21(25-26-23)13-10-18-8-6-17(4-2)7-9-18/h11-12,14-18H,3-10,13H2,1-2H3. The lowest BCUT2D eigenvalue weighted by Gasteiger charge is -2.27. The lowest BCUT2D eigenvalue weighted by molar-refractivity contribution is 0.258. The molecule has 0 amide bonds. The average molecular weight is 355 g/mol. The highest BCUT2D eigenvalue weighted by Gasteiger charge is 2.19. The first-order valence-corrected chi connectivity index (χ1v) is 10.3. The van der Waals surface area contributed by atoms with Crippen molar-refractivity contribution in [1.29, 1.82) is 0 Å². The van der Waals surface area contributed by atoms with E-state index >= 15 is 0 Å². The first-order valence-electron chi connectivity index (χ1n) is 10.3. The molecule has 0 spiro atoms. The van der Waals surface area contributed by atoms with Gasteiger partial charge in [0.05, 0.1) is 11.4 Å². The number of halogens is 1. The van der Waals surface area contributed by atoms with Gasteiger partial charge in [-0.1, -0.05) is 64.5 Å².